The van der Waals surface area contributed by atoms with Gasteiger partial charge in [-0.1, -0.05) is 0 Å². The molecule has 1 aromatic heterocycles. The van der Waals surface area contributed by atoms with Gasteiger partial charge in [-0.3, -0.25) is 14.5 Å². The lowest BCUT2D eigenvalue weighted by atomic mass is 10.0. The zero-order valence-electron chi connectivity index (χ0n) is 11.0. The maximum Gasteiger partial charge on any atom is 0.254 e. The molecular formula is C13H19N3O3. The monoisotopic (exact) mass is 265 g/mol. The highest BCUT2D eigenvalue weighted by Gasteiger charge is 2.26. The summed E-state index contributed by atoms with van der Waals surface area (Å²) in [6.45, 7) is 3.34. The maximum atomic E-state index is 11.8. The average molecular weight is 265 g/mol. The Morgan fingerprint density at radius 1 is 1.47 bits per heavy atom. The number of piperidine rings is 1. The summed E-state index contributed by atoms with van der Waals surface area (Å²) in [6, 6.07) is 1.53. The summed E-state index contributed by atoms with van der Waals surface area (Å²) in [5.41, 5.74) is 5.82. The smallest absolute Gasteiger partial charge is 0.254 e. The van der Waals surface area contributed by atoms with Crippen molar-refractivity contribution in [3.05, 3.63) is 24.2 Å². The van der Waals surface area contributed by atoms with Gasteiger partial charge in [0.1, 0.15) is 6.26 Å². The standard InChI is InChI=1S/C13H19N3O3/c1-9(12(14)17)16-5-2-11(3-6-16)15-13(18)10-4-7-19-8-10/h4,7-9,11H,2-3,5-6H2,1H3,(H2,14,17)(H,15,18)/t9-/m0/s1. The number of likely N-dealkylation sites (tertiary alicyclic amines) is 1. The predicted molar refractivity (Wildman–Crippen MR) is 69.4 cm³/mol. The second kappa shape index (κ2) is 5.88. The first kappa shape index (κ1) is 13.6. The van der Waals surface area contributed by atoms with Crippen LogP contribution in [0.2, 0.25) is 0 Å². The third-order valence-corrected chi connectivity index (χ3v) is 3.61. The number of carbonyl (C=O) groups excluding carboxylic acids is 2. The Morgan fingerprint density at radius 3 is 2.68 bits per heavy atom. The molecule has 1 aromatic rings. The van der Waals surface area contributed by atoms with Crippen molar-refractivity contribution in [2.24, 2.45) is 5.73 Å². The van der Waals surface area contributed by atoms with Gasteiger partial charge >= 0.3 is 0 Å². The van der Waals surface area contributed by atoms with Crippen LogP contribution in [0.1, 0.15) is 30.1 Å². The molecule has 2 amide bonds. The van der Waals surface area contributed by atoms with Crippen molar-refractivity contribution in [2.75, 3.05) is 13.1 Å². The van der Waals surface area contributed by atoms with Crippen LogP contribution in [0.15, 0.2) is 23.0 Å². The molecular weight excluding hydrogens is 246 g/mol. The molecule has 1 fully saturated rings. The van der Waals surface area contributed by atoms with Gasteiger partial charge in [-0.05, 0) is 25.8 Å². The molecule has 1 saturated heterocycles. The Hall–Kier alpha value is -1.82. The normalized spacial score (nSPS) is 19.0. The minimum atomic E-state index is -0.305. The minimum absolute atomic E-state index is 0.116. The highest BCUT2D eigenvalue weighted by atomic mass is 16.3. The Labute approximate surface area is 111 Å². The van der Waals surface area contributed by atoms with E-state index in [4.69, 9.17) is 10.2 Å². The second-order valence-corrected chi connectivity index (χ2v) is 4.87. The molecule has 6 nitrogen and oxygen atoms in total. The molecule has 1 atom stereocenters. The van der Waals surface area contributed by atoms with E-state index in [0.717, 1.165) is 25.9 Å². The van der Waals surface area contributed by atoms with Crippen LogP contribution in [-0.2, 0) is 4.79 Å². The van der Waals surface area contributed by atoms with Crippen molar-refractivity contribution in [1.29, 1.82) is 0 Å². The molecule has 0 unspecified atom stereocenters. The molecule has 1 aliphatic heterocycles. The number of primary amides is 1. The van der Waals surface area contributed by atoms with Gasteiger partial charge in [0, 0.05) is 19.1 Å². The molecule has 3 N–H and O–H groups in total. The third kappa shape index (κ3) is 3.35. The number of nitrogens with two attached hydrogens (primary N) is 1. The van der Waals surface area contributed by atoms with Crippen molar-refractivity contribution in [1.82, 2.24) is 10.2 Å². The van der Waals surface area contributed by atoms with Crippen LogP contribution in [0.4, 0.5) is 0 Å². The SMILES string of the molecule is C[C@@H](C(N)=O)N1CCC(NC(=O)c2ccoc2)CC1. The number of amides is 2. The molecule has 19 heavy (non-hydrogen) atoms. The van der Waals surface area contributed by atoms with Crippen LogP contribution >= 0.6 is 0 Å². The summed E-state index contributed by atoms with van der Waals surface area (Å²) in [7, 11) is 0. The van der Waals surface area contributed by atoms with E-state index in [9.17, 15) is 9.59 Å². The third-order valence-electron chi connectivity index (χ3n) is 3.61. The first-order valence-corrected chi connectivity index (χ1v) is 6.44. The van der Waals surface area contributed by atoms with Crippen LogP contribution in [-0.4, -0.2) is 41.9 Å². The van der Waals surface area contributed by atoms with Gasteiger partial charge in [-0.25, -0.2) is 0 Å². The summed E-state index contributed by atoms with van der Waals surface area (Å²) in [4.78, 5) is 25.0. The fraction of sp³-hybridized carbons (Fsp3) is 0.538. The van der Waals surface area contributed by atoms with Crippen molar-refractivity contribution in [3.63, 3.8) is 0 Å². The number of hydrogen-bond donors (Lipinski definition) is 2. The quantitative estimate of drug-likeness (QED) is 0.822. The molecule has 0 bridgehead atoms. The van der Waals surface area contributed by atoms with Crippen LogP contribution in [0.25, 0.3) is 0 Å². The summed E-state index contributed by atoms with van der Waals surface area (Å²) >= 11 is 0. The minimum Gasteiger partial charge on any atom is -0.472 e. The van der Waals surface area contributed by atoms with E-state index in [1.54, 1.807) is 6.07 Å². The number of furan rings is 1. The van der Waals surface area contributed by atoms with Gasteiger partial charge in [0.2, 0.25) is 5.91 Å². The maximum absolute atomic E-state index is 11.8. The number of nitrogens with zero attached hydrogens (tertiary/aromatic N) is 1. The zero-order chi connectivity index (χ0) is 13.8. The summed E-state index contributed by atoms with van der Waals surface area (Å²) in [5, 5.41) is 2.97. The molecule has 0 saturated carbocycles. The van der Waals surface area contributed by atoms with Gasteiger partial charge < -0.3 is 15.5 Å². The Morgan fingerprint density at radius 2 is 2.16 bits per heavy atom. The average Bonchev–Trinajstić information content (AvgIpc) is 2.92. The highest BCUT2D eigenvalue weighted by molar-refractivity contribution is 5.93. The molecule has 1 aliphatic rings. The lowest BCUT2D eigenvalue weighted by Crippen LogP contribution is -2.50. The number of nitrogens with one attached hydrogen (secondary N) is 1. The molecule has 104 valence electrons. The Kier molecular flexibility index (Phi) is 4.21. The lowest BCUT2D eigenvalue weighted by Gasteiger charge is -2.34. The second-order valence-electron chi connectivity index (χ2n) is 4.87. The molecule has 2 rings (SSSR count). The first-order chi connectivity index (χ1) is 9.08. The van der Waals surface area contributed by atoms with Gasteiger partial charge in [-0.15, -0.1) is 0 Å². The van der Waals surface area contributed by atoms with Crippen molar-refractivity contribution in [3.8, 4) is 0 Å². The van der Waals surface area contributed by atoms with E-state index in [-0.39, 0.29) is 23.9 Å². The fourth-order valence-electron chi connectivity index (χ4n) is 2.27. The molecule has 0 spiro atoms. The van der Waals surface area contributed by atoms with Crippen LogP contribution in [0, 0.1) is 0 Å². The number of carbonyl (C=O) groups is 2. The van der Waals surface area contributed by atoms with Crippen molar-refractivity contribution < 1.29 is 14.0 Å². The largest absolute Gasteiger partial charge is 0.472 e. The van der Waals surface area contributed by atoms with E-state index in [0.29, 0.717) is 5.56 Å². The van der Waals surface area contributed by atoms with E-state index in [1.165, 1.54) is 12.5 Å². The lowest BCUT2D eigenvalue weighted by molar-refractivity contribution is -0.123. The van der Waals surface area contributed by atoms with E-state index >= 15 is 0 Å². The summed E-state index contributed by atoms with van der Waals surface area (Å²) in [5.74, 6) is -0.420. The van der Waals surface area contributed by atoms with Crippen LogP contribution in [0.5, 0.6) is 0 Å². The Balaban J connectivity index is 1.81. The zero-order valence-corrected chi connectivity index (χ0v) is 11.0. The van der Waals surface area contributed by atoms with Gasteiger partial charge in [0.25, 0.3) is 5.91 Å². The van der Waals surface area contributed by atoms with Gasteiger partial charge in [0.15, 0.2) is 0 Å². The van der Waals surface area contributed by atoms with E-state index < -0.39 is 0 Å². The molecule has 6 heteroatoms. The van der Waals surface area contributed by atoms with Crippen molar-refractivity contribution in [2.45, 2.75) is 31.8 Å². The summed E-state index contributed by atoms with van der Waals surface area (Å²) < 4.78 is 4.88. The number of hydrogen-bond acceptors (Lipinski definition) is 4. The highest BCUT2D eigenvalue weighted by Crippen LogP contribution is 2.14. The molecule has 0 aromatic carbocycles. The van der Waals surface area contributed by atoms with Crippen LogP contribution < -0.4 is 11.1 Å². The molecule has 0 radical (unpaired) electrons. The topological polar surface area (TPSA) is 88.6 Å². The Bertz CT molecular complexity index is 436. The number of rotatable bonds is 4. The summed E-state index contributed by atoms with van der Waals surface area (Å²) in [6.07, 6.45) is 4.55. The van der Waals surface area contributed by atoms with Gasteiger partial charge in [-0.2, -0.15) is 0 Å². The van der Waals surface area contributed by atoms with Gasteiger partial charge in [0.05, 0.1) is 17.9 Å². The van der Waals surface area contributed by atoms with Crippen LogP contribution in [0.3, 0.4) is 0 Å². The predicted octanol–water partition coefficient (Wildman–Crippen LogP) is 0.348. The molecule has 0 aliphatic carbocycles. The van der Waals surface area contributed by atoms with E-state index in [2.05, 4.69) is 5.32 Å². The first-order valence-electron chi connectivity index (χ1n) is 6.44. The fourth-order valence-corrected chi connectivity index (χ4v) is 2.27. The van der Waals surface area contributed by atoms with Crippen molar-refractivity contribution >= 4 is 11.8 Å². The van der Waals surface area contributed by atoms with E-state index in [1.807, 2.05) is 11.8 Å². The molecule has 2 heterocycles.